The summed E-state index contributed by atoms with van der Waals surface area (Å²) in [7, 11) is -3.51. The molecule has 184 valence electrons. The van der Waals surface area contributed by atoms with Gasteiger partial charge in [0.25, 0.3) is 5.91 Å². The lowest BCUT2D eigenvalue weighted by atomic mass is 10.0. The van der Waals surface area contributed by atoms with E-state index in [0.717, 1.165) is 7.11 Å². The number of carbonyl (C=O) groups excluding carboxylic acids is 1. The zero-order valence-corrected chi connectivity index (χ0v) is 18.8. The summed E-state index contributed by atoms with van der Waals surface area (Å²) >= 11 is 0. The molecule has 1 amide bonds. The van der Waals surface area contributed by atoms with Gasteiger partial charge in [0.05, 0.1) is 19.0 Å². The van der Waals surface area contributed by atoms with Gasteiger partial charge in [0.1, 0.15) is 30.2 Å². The summed E-state index contributed by atoms with van der Waals surface area (Å²) in [5, 5.41) is 30.7. The molecule has 3 rings (SSSR count). The minimum absolute atomic E-state index is 0.102. The normalized spacial score (nSPS) is 25.4. The van der Waals surface area contributed by atoms with Crippen molar-refractivity contribution < 1.29 is 42.2 Å². The summed E-state index contributed by atoms with van der Waals surface area (Å²) in [5.74, 6) is -1.42. The number of nitrogens with two attached hydrogens (primary N) is 1. The Bertz CT molecular complexity index is 1090. The first-order valence-electron chi connectivity index (χ1n) is 9.83. The van der Waals surface area contributed by atoms with Gasteiger partial charge in [-0.1, -0.05) is 13.8 Å². The van der Waals surface area contributed by atoms with Crippen molar-refractivity contribution in [2.24, 2.45) is 5.92 Å². The minimum atomic E-state index is -4.65. The molecule has 33 heavy (non-hydrogen) atoms. The van der Waals surface area contributed by atoms with Crippen molar-refractivity contribution in [2.45, 2.75) is 50.6 Å². The van der Waals surface area contributed by atoms with E-state index in [-0.39, 0.29) is 22.9 Å². The number of nitrogens with one attached hydrogen (secondary N) is 1. The second-order valence-electron chi connectivity index (χ2n) is 7.73. The average molecular weight is 490 g/mol. The maximum atomic E-state index is 12.2. The maximum Gasteiger partial charge on any atom is 0.362 e. The van der Waals surface area contributed by atoms with Crippen molar-refractivity contribution in [2.75, 3.05) is 19.5 Å². The molecule has 1 saturated heterocycles. The zero-order valence-electron chi connectivity index (χ0n) is 18.0. The predicted molar refractivity (Wildman–Crippen MR) is 110 cm³/mol. The molecular weight excluding hydrogens is 464 g/mol. The summed E-state index contributed by atoms with van der Waals surface area (Å²) < 4.78 is 42.5. The second-order valence-corrected chi connectivity index (χ2v) is 9.07. The van der Waals surface area contributed by atoms with E-state index in [2.05, 4.69) is 15.0 Å². The number of hydrogen-bond donors (Lipinski definition) is 5. The van der Waals surface area contributed by atoms with E-state index >= 15 is 0 Å². The zero-order chi connectivity index (χ0) is 24.5. The Morgan fingerprint density at radius 2 is 2.00 bits per heavy atom. The van der Waals surface area contributed by atoms with Gasteiger partial charge in [-0.15, -0.1) is 0 Å². The van der Waals surface area contributed by atoms with Crippen molar-refractivity contribution in [3.63, 3.8) is 0 Å². The van der Waals surface area contributed by atoms with Gasteiger partial charge in [0.2, 0.25) is 0 Å². The number of fused-ring (bicyclic) bond motifs is 1. The van der Waals surface area contributed by atoms with Crippen molar-refractivity contribution in [1.82, 2.24) is 24.2 Å². The summed E-state index contributed by atoms with van der Waals surface area (Å²) in [5.41, 5.74) is 6.22. The van der Waals surface area contributed by atoms with Crippen LogP contribution in [0.2, 0.25) is 0 Å². The monoisotopic (exact) mass is 490 g/mol. The number of imidazole rings is 1. The van der Waals surface area contributed by atoms with Crippen LogP contribution in [0.1, 0.15) is 20.1 Å². The number of methoxy groups -OCH3 is 1. The molecular formula is C17H26N6O9S. The van der Waals surface area contributed by atoms with E-state index in [1.807, 2.05) is 0 Å². The lowest BCUT2D eigenvalue weighted by molar-refractivity contribution is -0.138. The van der Waals surface area contributed by atoms with Crippen LogP contribution in [0.25, 0.3) is 11.2 Å². The highest BCUT2D eigenvalue weighted by Crippen LogP contribution is 2.32. The molecule has 0 aliphatic carbocycles. The number of anilines is 1. The molecule has 2 aromatic heterocycles. The summed E-state index contributed by atoms with van der Waals surface area (Å²) in [6.45, 7) is 2.52. The fourth-order valence-electron chi connectivity index (χ4n) is 3.27. The largest absolute Gasteiger partial charge is 0.390 e. The third kappa shape index (κ3) is 5.21. The predicted octanol–water partition coefficient (Wildman–Crippen LogP) is -2.56. The molecule has 1 aliphatic rings. The van der Waals surface area contributed by atoms with Crippen LogP contribution in [-0.2, 0) is 28.8 Å². The number of aliphatic hydroxyl groups is 3. The standard InChI is InChI=1S/C17H26N6O9S/c1-7(2)10(24)13(30-3)16(27)22-33(28,29)31-4-8-11(25)12(26)17(32-8)23-6-21-9-14(18)19-5-20-15(9)23/h5-8,10-13,17,24-26H,4H2,1-3H3,(H,22,27)(H2,18,19,20)/t8-,10-,11-,12-,13+,17-/m1/s1. The van der Waals surface area contributed by atoms with Gasteiger partial charge in [-0.05, 0) is 5.92 Å². The van der Waals surface area contributed by atoms with E-state index in [0.29, 0.717) is 0 Å². The van der Waals surface area contributed by atoms with Crippen LogP contribution < -0.4 is 10.5 Å². The van der Waals surface area contributed by atoms with Gasteiger partial charge >= 0.3 is 10.3 Å². The number of carbonyl (C=O) groups is 1. The molecule has 0 saturated carbocycles. The number of nitrogens with zero attached hydrogens (tertiary/aromatic N) is 4. The summed E-state index contributed by atoms with van der Waals surface area (Å²) in [4.78, 5) is 24.1. The Labute approximate surface area is 188 Å². The third-order valence-electron chi connectivity index (χ3n) is 5.12. The molecule has 2 aromatic rings. The molecule has 0 radical (unpaired) electrons. The molecule has 1 aliphatic heterocycles. The molecule has 0 unspecified atom stereocenters. The molecule has 16 heteroatoms. The molecule has 0 bridgehead atoms. The van der Waals surface area contributed by atoms with Crippen LogP contribution >= 0.6 is 0 Å². The van der Waals surface area contributed by atoms with E-state index < -0.39 is 59.6 Å². The van der Waals surface area contributed by atoms with Crippen LogP contribution in [0.4, 0.5) is 5.82 Å². The smallest absolute Gasteiger partial charge is 0.362 e. The number of rotatable bonds is 9. The molecule has 6 N–H and O–H groups in total. The molecule has 0 aromatic carbocycles. The van der Waals surface area contributed by atoms with Crippen LogP contribution in [0, 0.1) is 5.92 Å². The van der Waals surface area contributed by atoms with Gasteiger partial charge in [0.15, 0.2) is 23.8 Å². The van der Waals surface area contributed by atoms with Crippen LogP contribution in [0.3, 0.4) is 0 Å². The molecule has 0 spiro atoms. The quantitative estimate of drug-likeness (QED) is 0.244. The van der Waals surface area contributed by atoms with Crippen molar-refractivity contribution in [3.05, 3.63) is 12.7 Å². The Morgan fingerprint density at radius 1 is 1.30 bits per heavy atom. The van der Waals surface area contributed by atoms with Crippen LogP contribution in [0.15, 0.2) is 12.7 Å². The lowest BCUT2D eigenvalue weighted by Gasteiger charge is -2.23. The van der Waals surface area contributed by atoms with E-state index in [1.165, 1.54) is 17.2 Å². The Balaban J connectivity index is 1.66. The Kier molecular flexibility index (Phi) is 7.47. The van der Waals surface area contributed by atoms with Gasteiger partial charge < -0.3 is 30.5 Å². The number of hydrogen-bond acceptors (Lipinski definition) is 13. The van der Waals surface area contributed by atoms with Gasteiger partial charge in [-0.25, -0.2) is 19.7 Å². The SMILES string of the molecule is CO[C@H](C(=O)NS(=O)(=O)OC[C@H]1O[C@@H](n2cnc3c(N)ncnc32)[C@H](O)[C@@H]1O)[C@H](O)C(C)C. The molecule has 6 atom stereocenters. The van der Waals surface area contributed by atoms with Gasteiger partial charge in [-0.3, -0.25) is 13.5 Å². The number of ether oxygens (including phenoxy) is 2. The Hall–Kier alpha value is -2.47. The van der Waals surface area contributed by atoms with E-state index in [9.17, 15) is 28.5 Å². The molecule has 3 heterocycles. The summed E-state index contributed by atoms with van der Waals surface area (Å²) in [6, 6.07) is 0. The fourth-order valence-corrected chi connectivity index (χ4v) is 4.01. The fraction of sp³-hybridized carbons (Fsp3) is 0.647. The minimum Gasteiger partial charge on any atom is -0.390 e. The molecule has 15 nitrogen and oxygen atoms in total. The average Bonchev–Trinajstić information content (AvgIpc) is 3.29. The lowest BCUT2D eigenvalue weighted by Crippen LogP contribution is -2.48. The van der Waals surface area contributed by atoms with Crippen molar-refractivity contribution >= 4 is 33.2 Å². The van der Waals surface area contributed by atoms with E-state index in [1.54, 1.807) is 18.6 Å². The highest BCUT2D eigenvalue weighted by Gasteiger charge is 2.45. The second kappa shape index (κ2) is 9.80. The van der Waals surface area contributed by atoms with Crippen molar-refractivity contribution in [1.29, 1.82) is 0 Å². The molecule has 1 fully saturated rings. The van der Waals surface area contributed by atoms with Crippen LogP contribution in [0.5, 0.6) is 0 Å². The first-order chi connectivity index (χ1) is 15.5. The summed E-state index contributed by atoms with van der Waals surface area (Å²) in [6.07, 6.45) is -5.72. The maximum absolute atomic E-state index is 12.2. The van der Waals surface area contributed by atoms with Gasteiger partial charge in [-0.2, -0.15) is 8.42 Å². The van der Waals surface area contributed by atoms with Gasteiger partial charge in [0, 0.05) is 7.11 Å². The number of nitrogen functional groups attached to an aromatic ring is 1. The van der Waals surface area contributed by atoms with Crippen LogP contribution in [-0.4, -0.2) is 93.4 Å². The topological polar surface area (TPSA) is 221 Å². The first-order valence-corrected chi connectivity index (χ1v) is 11.2. The highest BCUT2D eigenvalue weighted by atomic mass is 32.2. The van der Waals surface area contributed by atoms with Crippen molar-refractivity contribution in [3.8, 4) is 0 Å². The first kappa shape index (κ1) is 25.2. The third-order valence-corrected chi connectivity index (χ3v) is 6.01. The number of aromatic nitrogens is 4. The highest BCUT2D eigenvalue weighted by molar-refractivity contribution is 7.85. The number of amides is 1. The number of aliphatic hydroxyl groups excluding tert-OH is 3. The van der Waals surface area contributed by atoms with E-state index in [4.69, 9.17) is 19.4 Å². The Morgan fingerprint density at radius 3 is 2.64 bits per heavy atom.